The summed E-state index contributed by atoms with van der Waals surface area (Å²) in [5.74, 6) is 0. The Kier molecular flexibility index (Phi) is 2.94. The Morgan fingerprint density at radius 2 is 1.03 bits per heavy atom. The van der Waals surface area contributed by atoms with Crippen molar-refractivity contribution in [3.05, 3.63) is 90.0 Å². The monoisotopic (exact) mass is 402 g/mol. The molecular weight excluding hydrogens is 383 g/mol. The van der Waals surface area contributed by atoms with Gasteiger partial charge in [0, 0.05) is 26.7 Å². The van der Waals surface area contributed by atoms with Gasteiger partial charge in [0.2, 0.25) is 0 Å². The third-order valence-electron chi connectivity index (χ3n) is 7.03. The van der Waals surface area contributed by atoms with Crippen molar-refractivity contribution in [1.29, 1.82) is 0 Å². The number of benzene rings is 5. The van der Waals surface area contributed by atoms with Crippen molar-refractivity contribution in [2.24, 2.45) is 0 Å². The minimum atomic E-state index is -2.99. The summed E-state index contributed by atoms with van der Waals surface area (Å²) in [6.07, 6.45) is 0. The van der Waals surface area contributed by atoms with Crippen LogP contribution in [0.2, 0.25) is 0 Å². The molecule has 0 radical (unpaired) electrons. The fraction of sp³-hybridized carbons (Fsp3) is 0.0714. The van der Waals surface area contributed by atoms with Gasteiger partial charge in [-0.3, -0.25) is 0 Å². The van der Waals surface area contributed by atoms with E-state index >= 15 is 4.57 Å². The number of fused-ring (bicyclic) bond motifs is 4. The van der Waals surface area contributed by atoms with Crippen LogP contribution in [-0.2, 0) is 4.57 Å². The van der Waals surface area contributed by atoms with Crippen molar-refractivity contribution in [2.45, 2.75) is 13.8 Å². The SMILES string of the molecule is Cc1ccc2cccc3c2c1-c1cccc2c1P3(=O)c1cccc3ccc(C)c-2c13. The predicted molar refractivity (Wildman–Crippen MR) is 128 cm³/mol. The Labute approximate surface area is 175 Å². The lowest BCUT2D eigenvalue weighted by molar-refractivity contribution is 0.592. The van der Waals surface area contributed by atoms with E-state index in [2.05, 4.69) is 92.7 Å². The zero-order valence-corrected chi connectivity index (χ0v) is 17.8. The van der Waals surface area contributed by atoms with Gasteiger partial charge in [-0.25, -0.2) is 0 Å². The molecule has 0 aromatic heterocycles. The molecule has 0 fully saturated rings. The van der Waals surface area contributed by atoms with E-state index in [0.29, 0.717) is 0 Å². The fourth-order valence-corrected chi connectivity index (χ4v) is 9.30. The van der Waals surface area contributed by atoms with Crippen LogP contribution in [0, 0.1) is 13.8 Å². The van der Waals surface area contributed by atoms with Crippen molar-refractivity contribution in [3.8, 4) is 22.3 Å². The predicted octanol–water partition coefficient (Wildman–Crippen LogP) is 6.21. The van der Waals surface area contributed by atoms with Crippen LogP contribution >= 0.6 is 7.14 Å². The molecule has 0 saturated heterocycles. The van der Waals surface area contributed by atoms with Crippen LogP contribution in [0.15, 0.2) is 78.9 Å². The largest absolute Gasteiger partial charge is 0.309 e. The summed E-state index contributed by atoms with van der Waals surface area (Å²) >= 11 is 0. The van der Waals surface area contributed by atoms with Crippen LogP contribution in [0.3, 0.4) is 0 Å². The second-order valence-corrected chi connectivity index (χ2v) is 11.2. The average molecular weight is 402 g/mol. The Morgan fingerprint density at radius 3 is 1.53 bits per heavy atom. The molecule has 0 bridgehead atoms. The van der Waals surface area contributed by atoms with Gasteiger partial charge < -0.3 is 4.57 Å². The van der Waals surface area contributed by atoms with E-state index in [1.54, 1.807) is 0 Å². The Morgan fingerprint density at radius 1 is 0.567 bits per heavy atom. The van der Waals surface area contributed by atoms with Crippen LogP contribution in [0.4, 0.5) is 0 Å². The average Bonchev–Trinajstić information content (AvgIpc) is 2.77. The van der Waals surface area contributed by atoms with Crippen LogP contribution in [0.25, 0.3) is 43.8 Å². The Balaban J connectivity index is 1.85. The lowest BCUT2D eigenvalue weighted by atomic mass is 9.88. The van der Waals surface area contributed by atoms with Gasteiger partial charge in [-0.2, -0.15) is 0 Å². The third-order valence-corrected chi connectivity index (χ3v) is 10.2. The first-order chi connectivity index (χ1) is 14.6. The normalized spacial score (nSPS) is 14.7. The van der Waals surface area contributed by atoms with Crippen molar-refractivity contribution in [1.82, 2.24) is 0 Å². The van der Waals surface area contributed by atoms with Gasteiger partial charge in [-0.1, -0.05) is 78.9 Å². The summed E-state index contributed by atoms with van der Waals surface area (Å²) in [6.45, 7) is 4.34. The van der Waals surface area contributed by atoms with Crippen molar-refractivity contribution in [3.63, 3.8) is 0 Å². The second kappa shape index (κ2) is 5.31. The molecule has 5 aromatic rings. The highest BCUT2D eigenvalue weighted by atomic mass is 31.2. The van der Waals surface area contributed by atoms with E-state index in [1.807, 2.05) is 0 Å². The zero-order chi connectivity index (χ0) is 20.2. The zero-order valence-electron chi connectivity index (χ0n) is 16.9. The van der Waals surface area contributed by atoms with E-state index in [0.717, 1.165) is 27.0 Å². The van der Waals surface area contributed by atoms with E-state index in [4.69, 9.17) is 0 Å². The highest BCUT2D eigenvalue weighted by Gasteiger charge is 2.44. The maximum absolute atomic E-state index is 15.3. The topological polar surface area (TPSA) is 17.1 Å². The fourth-order valence-electron chi connectivity index (χ4n) is 5.80. The number of hydrogen-bond donors (Lipinski definition) is 0. The van der Waals surface area contributed by atoms with E-state index in [1.165, 1.54) is 43.8 Å². The summed E-state index contributed by atoms with van der Waals surface area (Å²) in [5.41, 5.74) is 7.25. The maximum Gasteiger partial charge on any atom is 0.173 e. The number of hydrogen-bond acceptors (Lipinski definition) is 1. The van der Waals surface area contributed by atoms with Crippen LogP contribution in [-0.4, -0.2) is 0 Å². The van der Waals surface area contributed by atoms with Crippen molar-refractivity contribution in [2.75, 3.05) is 0 Å². The minimum absolute atomic E-state index is 0.998. The molecule has 0 atom stereocenters. The minimum Gasteiger partial charge on any atom is -0.309 e. The molecule has 0 aliphatic carbocycles. The number of rotatable bonds is 0. The van der Waals surface area contributed by atoms with Crippen LogP contribution in [0.1, 0.15) is 11.1 Å². The molecule has 0 N–H and O–H groups in total. The second-order valence-electron chi connectivity index (χ2n) is 8.58. The van der Waals surface area contributed by atoms with E-state index in [-0.39, 0.29) is 0 Å². The maximum atomic E-state index is 15.3. The first kappa shape index (κ1) is 16.6. The third kappa shape index (κ3) is 1.71. The molecule has 2 aliphatic heterocycles. The molecule has 0 amide bonds. The van der Waals surface area contributed by atoms with Gasteiger partial charge in [0.05, 0.1) is 0 Å². The highest BCUT2D eigenvalue weighted by Crippen LogP contribution is 2.58. The van der Waals surface area contributed by atoms with Crippen LogP contribution < -0.4 is 15.9 Å². The van der Waals surface area contributed by atoms with Gasteiger partial charge in [-0.05, 0) is 58.0 Å². The summed E-state index contributed by atoms with van der Waals surface area (Å²) in [6, 6.07) is 27.8. The molecule has 1 nitrogen and oxygen atoms in total. The molecule has 30 heavy (non-hydrogen) atoms. The standard InChI is InChI=1S/C28H19OP/c1-16-12-14-18-6-3-10-22-26(18)24(16)20-8-5-9-21-25-17(2)13-15-19-7-4-11-23(27(19)25)30(22,29)28(20)21/h3-15H,1-2H3. The Bertz CT molecular complexity index is 1530. The van der Waals surface area contributed by atoms with Crippen LogP contribution in [0.5, 0.6) is 0 Å². The first-order valence-corrected chi connectivity index (χ1v) is 12.1. The molecule has 2 heterocycles. The van der Waals surface area contributed by atoms with Crippen molar-refractivity contribution >= 4 is 44.6 Å². The summed E-state index contributed by atoms with van der Waals surface area (Å²) in [7, 11) is -2.99. The molecule has 0 spiro atoms. The van der Waals surface area contributed by atoms with E-state index < -0.39 is 7.14 Å². The summed E-state index contributed by atoms with van der Waals surface area (Å²) in [5, 5.41) is 7.70. The number of aryl methyl sites for hydroxylation is 2. The lowest BCUT2D eigenvalue weighted by Crippen LogP contribution is -2.34. The van der Waals surface area contributed by atoms with Gasteiger partial charge >= 0.3 is 0 Å². The van der Waals surface area contributed by atoms with Gasteiger partial charge in [0.25, 0.3) is 0 Å². The summed E-state index contributed by atoms with van der Waals surface area (Å²) < 4.78 is 15.3. The molecule has 2 heteroatoms. The molecule has 2 aliphatic rings. The van der Waals surface area contributed by atoms with E-state index in [9.17, 15) is 0 Å². The molecule has 5 aromatic carbocycles. The van der Waals surface area contributed by atoms with Crippen molar-refractivity contribution < 1.29 is 4.57 Å². The molecule has 7 rings (SSSR count). The quantitative estimate of drug-likeness (QED) is 0.276. The summed E-state index contributed by atoms with van der Waals surface area (Å²) in [4.78, 5) is 0. The molecule has 0 saturated carbocycles. The highest BCUT2D eigenvalue weighted by molar-refractivity contribution is 7.87. The first-order valence-electron chi connectivity index (χ1n) is 10.4. The lowest BCUT2D eigenvalue weighted by Gasteiger charge is -2.36. The molecular formula is C28H19OP. The van der Waals surface area contributed by atoms with Gasteiger partial charge in [0.15, 0.2) is 7.14 Å². The van der Waals surface area contributed by atoms with Gasteiger partial charge in [0.1, 0.15) is 0 Å². The Hall–Kier alpha value is -3.15. The molecule has 142 valence electrons. The van der Waals surface area contributed by atoms with Gasteiger partial charge in [-0.15, -0.1) is 0 Å². The molecule has 0 unspecified atom stereocenters. The smallest absolute Gasteiger partial charge is 0.173 e.